The van der Waals surface area contributed by atoms with Crippen molar-refractivity contribution in [1.82, 2.24) is 24.9 Å². The van der Waals surface area contributed by atoms with Crippen LogP contribution in [-0.4, -0.2) is 57.1 Å². The molecule has 35 heavy (non-hydrogen) atoms. The number of aromatic nitrogens is 4. The summed E-state index contributed by atoms with van der Waals surface area (Å²) in [7, 11) is 0. The molecular formula is C25H25F2N7O. The molecular weight excluding hydrogens is 452 g/mol. The Bertz CT molecular complexity index is 1410. The van der Waals surface area contributed by atoms with E-state index in [0.29, 0.717) is 32.0 Å². The van der Waals surface area contributed by atoms with Gasteiger partial charge in [-0.3, -0.25) is 0 Å². The molecule has 1 N–H and O–H groups in total. The van der Waals surface area contributed by atoms with E-state index < -0.39 is 17.7 Å². The molecule has 2 amide bonds. The number of carbonyl (C=O) groups is 1. The zero-order chi connectivity index (χ0) is 24.7. The van der Waals surface area contributed by atoms with E-state index in [1.54, 1.807) is 4.90 Å². The van der Waals surface area contributed by atoms with E-state index in [-0.39, 0.29) is 5.69 Å². The van der Waals surface area contributed by atoms with Crippen molar-refractivity contribution in [1.29, 1.82) is 0 Å². The van der Waals surface area contributed by atoms with Gasteiger partial charge in [-0.1, -0.05) is 17.7 Å². The summed E-state index contributed by atoms with van der Waals surface area (Å²) in [5.74, 6) is -0.639. The second-order valence-electron chi connectivity index (χ2n) is 8.69. The number of nitrogens with zero attached hydrogens (tertiary/aromatic N) is 6. The number of piperazine rings is 1. The van der Waals surface area contributed by atoms with Crippen LogP contribution in [0.3, 0.4) is 0 Å². The third kappa shape index (κ3) is 4.27. The molecule has 2 aromatic heterocycles. The summed E-state index contributed by atoms with van der Waals surface area (Å²) in [5, 5.41) is 17.1. The molecule has 180 valence electrons. The van der Waals surface area contributed by atoms with E-state index in [0.717, 1.165) is 46.2 Å². The summed E-state index contributed by atoms with van der Waals surface area (Å²) in [5.41, 5.74) is 4.49. The van der Waals surface area contributed by atoms with Crippen molar-refractivity contribution in [3.05, 3.63) is 71.1 Å². The maximum Gasteiger partial charge on any atom is 0.322 e. The Morgan fingerprint density at radius 2 is 1.66 bits per heavy atom. The molecule has 0 saturated carbocycles. The fraction of sp³-hybridized carbons (Fsp3) is 0.280. The number of aryl methyl sites for hydroxylation is 3. The number of halogens is 2. The van der Waals surface area contributed by atoms with Gasteiger partial charge in [0.15, 0.2) is 5.82 Å². The minimum atomic E-state index is -0.685. The van der Waals surface area contributed by atoms with Crippen LogP contribution in [-0.2, 0) is 0 Å². The molecule has 10 heteroatoms. The number of hydrogen-bond donors (Lipinski definition) is 1. The third-order valence-electron chi connectivity index (χ3n) is 6.30. The Hall–Kier alpha value is -4.08. The quantitative estimate of drug-likeness (QED) is 0.474. The van der Waals surface area contributed by atoms with Crippen LogP contribution < -0.4 is 10.2 Å². The number of urea groups is 1. The Labute approximate surface area is 201 Å². The van der Waals surface area contributed by atoms with Gasteiger partial charge in [0, 0.05) is 32.2 Å². The van der Waals surface area contributed by atoms with Gasteiger partial charge in [0.2, 0.25) is 0 Å². The first-order valence-corrected chi connectivity index (χ1v) is 11.4. The summed E-state index contributed by atoms with van der Waals surface area (Å²) >= 11 is 0. The van der Waals surface area contributed by atoms with Crippen LogP contribution in [0, 0.1) is 32.4 Å². The van der Waals surface area contributed by atoms with Crippen molar-refractivity contribution >= 4 is 28.4 Å². The molecule has 3 heterocycles. The topological polar surface area (TPSA) is 79.2 Å². The average molecular weight is 478 g/mol. The van der Waals surface area contributed by atoms with Gasteiger partial charge < -0.3 is 15.1 Å². The standard InChI is InChI=1S/C25H25F2N7O/c1-15-4-7-19(8-5-15)34-17(3)22-16(2)29-30-24(23(22)31-34)32-10-12-33(13-11-32)25(35)28-21-14-18(26)6-9-20(21)27/h4-9,14H,10-13H2,1-3H3,(H,28,35). The van der Waals surface area contributed by atoms with Gasteiger partial charge >= 0.3 is 6.03 Å². The average Bonchev–Trinajstić information content (AvgIpc) is 3.20. The highest BCUT2D eigenvalue weighted by atomic mass is 19.1. The molecule has 5 rings (SSSR count). The lowest BCUT2D eigenvalue weighted by Gasteiger charge is -2.35. The summed E-state index contributed by atoms with van der Waals surface area (Å²) < 4.78 is 29.2. The highest BCUT2D eigenvalue weighted by molar-refractivity contribution is 5.93. The minimum Gasteiger partial charge on any atom is -0.350 e. The number of amides is 2. The molecule has 0 unspecified atom stereocenters. The minimum absolute atomic E-state index is 0.180. The lowest BCUT2D eigenvalue weighted by atomic mass is 10.2. The molecule has 2 aromatic carbocycles. The summed E-state index contributed by atoms with van der Waals surface area (Å²) in [4.78, 5) is 16.2. The second-order valence-corrected chi connectivity index (χ2v) is 8.69. The van der Waals surface area contributed by atoms with Crippen molar-refractivity contribution in [3.63, 3.8) is 0 Å². The van der Waals surface area contributed by atoms with E-state index >= 15 is 0 Å². The Morgan fingerprint density at radius 3 is 2.37 bits per heavy atom. The van der Waals surface area contributed by atoms with Crippen LogP contribution in [0.15, 0.2) is 42.5 Å². The Balaban J connectivity index is 1.37. The predicted molar refractivity (Wildman–Crippen MR) is 130 cm³/mol. The van der Waals surface area contributed by atoms with Crippen LogP contribution in [0.25, 0.3) is 16.6 Å². The third-order valence-corrected chi connectivity index (χ3v) is 6.30. The smallest absolute Gasteiger partial charge is 0.322 e. The van der Waals surface area contributed by atoms with Gasteiger partial charge in [-0.2, -0.15) is 10.2 Å². The van der Waals surface area contributed by atoms with Crippen molar-refractivity contribution in [3.8, 4) is 5.69 Å². The number of benzene rings is 2. The van der Waals surface area contributed by atoms with Gasteiger partial charge in [0.1, 0.15) is 17.2 Å². The summed E-state index contributed by atoms with van der Waals surface area (Å²) in [6, 6.07) is 10.6. The molecule has 0 bridgehead atoms. The van der Waals surface area contributed by atoms with Crippen LogP contribution in [0.1, 0.15) is 17.0 Å². The molecule has 1 aliphatic rings. The number of carbonyl (C=O) groups excluding carboxylic acids is 1. The number of hydrogen-bond acceptors (Lipinski definition) is 5. The molecule has 1 aliphatic heterocycles. The van der Waals surface area contributed by atoms with E-state index in [2.05, 4.69) is 15.5 Å². The Morgan fingerprint density at radius 1 is 0.943 bits per heavy atom. The molecule has 0 atom stereocenters. The molecule has 0 spiro atoms. The largest absolute Gasteiger partial charge is 0.350 e. The van der Waals surface area contributed by atoms with Crippen LogP contribution >= 0.6 is 0 Å². The number of fused-ring (bicyclic) bond motifs is 1. The van der Waals surface area contributed by atoms with Crippen LogP contribution in [0.5, 0.6) is 0 Å². The van der Waals surface area contributed by atoms with Crippen molar-refractivity contribution in [2.75, 3.05) is 36.4 Å². The lowest BCUT2D eigenvalue weighted by Crippen LogP contribution is -2.50. The lowest BCUT2D eigenvalue weighted by molar-refractivity contribution is 0.208. The van der Waals surface area contributed by atoms with Gasteiger partial charge in [0.25, 0.3) is 0 Å². The monoisotopic (exact) mass is 477 g/mol. The van der Waals surface area contributed by atoms with Gasteiger partial charge in [0.05, 0.1) is 28.1 Å². The maximum atomic E-state index is 13.9. The molecule has 0 aliphatic carbocycles. The molecule has 1 fully saturated rings. The first kappa shape index (κ1) is 22.7. The van der Waals surface area contributed by atoms with Crippen LogP contribution in [0.4, 0.5) is 25.1 Å². The SMILES string of the molecule is Cc1ccc(-n2nc3c(N4CCN(C(=O)Nc5cc(F)ccc5F)CC4)nnc(C)c3c2C)cc1. The zero-order valence-electron chi connectivity index (χ0n) is 19.7. The first-order valence-electron chi connectivity index (χ1n) is 11.4. The molecule has 1 saturated heterocycles. The summed E-state index contributed by atoms with van der Waals surface area (Å²) in [6.45, 7) is 7.75. The van der Waals surface area contributed by atoms with Gasteiger partial charge in [-0.25, -0.2) is 18.3 Å². The maximum absolute atomic E-state index is 13.9. The number of nitrogens with one attached hydrogen (secondary N) is 1. The van der Waals surface area contributed by atoms with Crippen LogP contribution in [0.2, 0.25) is 0 Å². The highest BCUT2D eigenvalue weighted by Crippen LogP contribution is 2.30. The number of rotatable bonds is 3. The second kappa shape index (κ2) is 8.94. The van der Waals surface area contributed by atoms with Gasteiger partial charge in [-0.05, 0) is 45.0 Å². The highest BCUT2D eigenvalue weighted by Gasteiger charge is 2.26. The van der Waals surface area contributed by atoms with Crippen molar-refractivity contribution in [2.24, 2.45) is 0 Å². The molecule has 4 aromatic rings. The Kier molecular flexibility index (Phi) is 5.80. The van der Waals surface area contributed by atoms with E-state index in [1.807, 2.05) is 54.6 Å². The van der Waals surface area contributed by atoms with E-state index in [9.17, 15) is 13.6 Å². The van der Waals surface area contributed by atoms with E-state index in [4.69, 9.17) is 5.10 Å². The predicted octanol–water partition coefficient (Wildman–Crippen LogP) is 4.37. The molecule has 0 radical (unpaired) electrons. The fourth-order valence-corrected chi connectivity index (χ4v) is 4.37. The van der Waals surface area contributed by atoms with Crippen molar-refractivity contribution in [2.45, 2.75) is 20.8 Å². The molecule has 8 nitrogen and oxygen atoms in total. The zero-order valence-corrected chi connectivity index (χ0v) is 19.7. The number of anilines is 2. The van der Waals surface area contributed by atoms with E-state index in [1.165, 1.54) is 5.56 Å². The summed E-state index contributed by atoms with van der Waals surface area (Å²) in [6.07, 6.45) is 0. The van der Waals surface area contributed by atoms with Gasteiger partial charge in [-0.15, -0.1) is 5.10 Å². The normalized spacial score (nSPS) is 14.0. The fourth-order valence-electron chi connectivity index (χ4n) is 4.37. The first-order chi connectivity index (χ1) is 16.8. The van der Waals surface area contributed by atoms with Crippen molar-refractivity contribution < 1.29 is 13.6 Å².